The molecule has 0 unspecified atom stereocenters. The summed E-state index contributed by atoms with van der Waals surface area (Å²) in [4.78, 5) is 23.0. The summed E-state index contributed by atoms with van der Waals surface area (Å²) < 4.78 is 9.94. The number of ketones is 1. The summed E-state index contributed by atoms with van der Waals surface area (Å²) >= 11 is 0. The van der Waals surface area contributed by atoms with E-state index in [4.69, 9.17) is 4.74 Å². The molecule has 0 rings (SSSR count). The minimum Gasteiger partial charge on any atom is -0.501 e. The number of hydrogen-bond acceptors (Lipinski definition) is 4. The van der Waals surface area contributed by atoms with Crippen LogP contribution in [0.5, 0.6) is 0 Å². The molecule has 0 aliphatic heterocycles. The average Bonchev–Trinajstić information content (AvgIpc) is 2.62. The largest absolute Gasteiger partial charge is 0.501 e. The third kappa shape index (κ3) is 15.9. The highest BCUT2D eigenvalue weighted by molar-refractivity contribution is 5.89. The van der Waals surface area contributed by atoms with Crippen LogP contribution in [0.1, 0.15) is 96.8 Å². The molecule has 0 heterocycles. The molecule has 0 amide bonds. The maximum Gasteiger partial charge on any atom is 0.305 e. The fraction of sp³-hybridized carbons (Fsp3) is 0.810. The molecule has 0 aromatic heterocycles. The number of unbranched alkanes of at least 4 members (excludes halogenated alkanes) is 9. The van der Waals surface area contributed by atoms with Crippen molar-refractivity contribution in [2.24, 2.45) is 0 Å². The maximum atomic E-state index is 12.0. The lowest BCUT2D eigenvalue weighted by atomic mass is 10.1. The fourth-order valence-corrected chi connectivity index (χ4v) is 2.77. The van der Waals surface area contributed by atoms with Gasteiger partial charge in [-0.15, -0.1) is 0 Å². The van der Waals surface area contributed by atoms with Crippen LogP contribution in [0, 0.1) is 0 Å². The van der Waals surface area contributed by atoms with Crippen LogP contribution >= 0.6 is 0 Å². The zero-order valence-electron chi connectivity index (χ0n) is 16.6. The molecule has 0 saturated heterocycles. The molecule has 0 N–H and O–H groups in total. The second-order valence-electron chi connectivity index (χ2n) is 6.64. The molecular weight excluding hydrogens is 316 g/mol. The van der Waals surface area contributed by atoms with E-state index >= 15 is 0 Å². The van der Waals surface area contributed by atoms with Crippen molar-refractivity contribution in [3.63, 3.8) is 0 Å². The minimum atomic E-state index is -0.141. The third-order valence-corrected chi connectivity index (χ3v) is 4.39. The van der Waals surface area contributed by atoms with Gasteiger partial charge in [0.05, 0.1) is 20.0 Å². The fourth-order valence-electron chi connectivity index (χ4n) is 2.77. The summed E-state index contributed by atoms with van der Waals surface area (Å²) in [5.74, 6) is 0.841. The van der Waals surface area contributed by atoms with E-state index in [0.29, 0.717) is 12.8 Å². The molecule has 0 saturated carbocycles. The van der Waals surface area contributed by atoms with E-state index in [0.717, 1.165) is 50.7 Å². The van der Waals surface area contributed by atoms with Crippen molar-refractivity contribution in [2.75, 3.05) is 14.2 Å². The highest BCUT2D eigenvalue weighted by Gasteiger charge is 2.04. The van der Waals surface area contributed by atoms with Crippen molar-refractivity contribution in [1.82, 2.24) is 0 Å². The van der Waals surface area contributed by atoms with Crippen LogP contribution in [0.15, 0.2) is 11.8 Å². The predicted octanol–water partition coefficient (Wildman–Crippen LogP) is 5.74. The Morgan fingerprint density at radius 3 is 1.76 bits per heavy atom. The topological polar surface area (TPSA) is 52.6 Å². The summed E-state index contributed by atoms with van der Waals surface area (Å²) in [6, 6.07) is 0. The van der Waals surface area contributed by atoms with E-state index in [1.165, 1.54) is 39.2 Å². The van der Waals surface area contributed by atoms with Crippen molar-refractivity contribution in [3.8, 4) is 0 Å². The maximum absolute atomic E-state index is 12.0. The predicted molar refractivity (Wildman–Crippen MR) is 102 cm³/mol. The van der Waals surface area contributed by atoms with Crippen LogP contribution in [0.3, 0.4) is 0 Å². The Labute approximate surface area is 154 Å². The Morgan fingerprint density at radius 1 is 0.680 bits per heavy atom. The summed E-state index contributed by atoms with van der Waals surface area (Å²) in [5.41, 5.74) is 0. The zero-order valence-corrected chi connectivity index (χ0v) is 16.6. The summed E-state index contributed by atoms with van der Waals surface area (Å²) in [5, 5.41) is 0. The highest BCUT2D eigenvalue weighted by Crippen LogP contribution is 2.14. The molecule has 146 valence electrons. The quantitative estimate of drug-likeness (QED) is 0.145. The molecule has 0 atom stereocenters. The number of allylic oxidation sites excluding steroid dienone is 2. The summed E-state index contributed by atoms with van der Waals surface area (Å²) in [6.45, 7) is 2.22. The molecule has 0 fully saturated rings. The van der Waals surface area contributed by atoms with Gasteiger partial charge >= 0.3 is 5.97 Å². The molecule has 0 aromatic rings. The van der Waals surface area contributed by atoms with Crippen LogP contribution in [0.2, 0.25) is 0 Å². The van der Waals surface area contributed by atoms with E-state index in [-0.39, 0.29) is 11.8 Å². The van der Waals surface area contributed by atoms with Gasteiger partial charge < -0.3 is 9.47 Å². The molecular formula is C21H38O4. The molecule has 0 radical (unpaired) electrons. The van der Waals surface area contributed by atoms with Gasteiger partial charge in [-0.3, -0.25) is 9.59 Å². The molecule has 0 aromatic carbocycles. The number of methoxy groups -OCH3 is 2. The van der Waals surface area contributed by atoms with Gasteiger partial charge in [0.2, 0.25) is 0 Å². The van der Waals surface area contributed by atoms with Crippen LogP contribution in [-0.4, -0.2) is 26.0 Å². The smallest absolute Gasteiger partial charge is 0.305 e. The van der Waals surface area contributed by atoms with Crippen molar-refractivity contribution in [2.45, 2.75) is 96.8 Å². The lowest BCUT2D eigenvalue weighted by Crippen LogP contribution is -1.99. The van der Waals surface area contributed by atoms with Gasteiger partial charge in [-0.2, -0.15) is 0 Å². The first-order chi connectivity index (χ1) is 12.1. The molecule has 0 aliphatic carbocycles. The monoisotopic (exact) mass is 354 g/mol. The van der Waals surface area contributed by atoms with Gasteiger partial charge in [-0.25, -0.2) is 0 Å². The molecule has 4 heteroatoms. The van der Waals surface area contributed by atoms with Gasteiger partial charge in [0.15, 0.2) is 5.78 Å². The SMILES string of the molecule is CCCCCCCC/C(=C\C(=O)CCCCCCCC(=O)OC)OC. The van der Waals surface area contributed by atoms with E-state index in [1.54, 1.807) is 13.2 Å². The van der Waals surface area contributed by atoms with E-state index in [1.807, 2.05) is 0 Å². The van der Waals surface area contributed by atoms with Crippen molar-refractivity contribution in [1.29, 1.82) is 0 Å². The van der Waals surface area contributed by atoms with E-state index in [2.05, 4.69) is 11.7 Å². The van der Waals surface area contributed by atoms with E-state index < -0.39 is 0 Å². The average molecular weight is 355 g/mol. The van der Waals surface area contributed by atoms with Crippen molar-refractivity contribution >= 4 is 11.8 Å². The zero-order chi connectivity index (χ0) is 18.8. The third-order valence-electron chi connectivity index (χ3n) is 4.39. The van der Waals surface area contributed by atoms with Gasteiger partial charge in [0.1, 0.15) is 0 Å². The second kappa shape index (κ2) is 17.5. The Hall–Kier alpha value is -1.32. The molecule has 0 bridgehead atoms. The first kappa shape index (κ1) is 23.7. The number of carbonyl (C=O) groups is 2. The first-order valence-corrected chi connectivity index (χ1v) is 9.98. The number of hydrogen-bond donors (Lipinski definition) is 0. The Balaban J connectivity index is 3.70. The standard InChI is InChI=1S/C21H38O4/c1-4-5-6-7-10-13-16-20(24-2)18-19(22)15-12-9-8-11-14-17-21(23)25-3/h18H,4-17H2,1-3H3/b20-18+. The highest BCUT2D eigenvalue weighted by atomic mass is 16.5. The molecule has 0 aliphatic rings. The molecule has 25 heavy (non-hydrogen) atoms. The number of carbonyl (C=O) groups excluding carboxylic acids is 2. The van der Waals surface area contributed by atoms with Crippen LogP contribution in [0.4, 0.5) is 0 Å². The Bertz CT molecular complexity index is 374. The number of ether oxygens (including phenoxy) is 2. The lowest BCUT2D eigenvalue weighted by molar-refractivity contribution is -0.140. The molecule has 4 nitrogen and oxygen atoms in total. The van der Waals surface area contributed by atoms with Gasteiger partial charge in [-0.1, -0.05) is 58.3 Å². The van der Waals surface area contributed by atoms with Gasteiger partial charge in [0, 0.05) is 25.3 Å². The van der Waals surface area contributed by atoms with Crippen LogP contribution < -0.4 is 0 Å². The number of rotatable bonds is 17. The van der Waals surface area contributed by atoms with Gasteiger partial charge in [0.25, 0.3) is 0 Å². The van der Waals surface area contributed by atoms with Crippen molar-refractivity contribution < 1.29 is 19.1 Å². The van der Waals surface area contributed by atoms with Crippen LogP contribution in [0.25, 0.3) is 0 Å². The second-order valence-corrected chi connectivity index (χ2v) is 6.64. The lowest BCUT2D eigenvalue weighted by Gasteiger charge is -2.06. The normalized spacial score (nSPS) is 11.4. The van der Waals surface area contributed by atoms with E-state index in [9.17, 15) is 9.59 Å². The van der Waals surface area contributed by atoms with Gasteiger partial charge in [-0.05, 0) is 19.3 Å². The first-order valence-electron chi connectivity index (χ1n) is 9.98. The minimum absolute atomic E-state index is 0.141. The Kier molecular flexibility index (Phi) is 16.6. The Morgan fingerprint density at radius 2 is 1.20 bits per heavy atom. The van der Waals surface area contributed by atoms with Crippen LogP contribution in [-0.2, 0) is 19.1 Å². The summed E-state index contributed by atoms with van der Waals surface area (Å²) in [6.07, 6.45) is 16.0. The summed E-state index contributed by atoms with van der Waals surface area (Å²) in [7, 11) is 3.07. The number of esters is 1. The molecule has 0 spiro atoms. The van der Waals surface area contributed by atoms with Crippen molar-refractivity contribution in [3.05, 3.63) is 11.8 Å².